The van der Waals surface area contributed by atoms with Crippen molar-refractivity contribution in [2.24, 2.45) is 5.73 Å². The van der Waals surface area contributed by atoms with Crippen LogP contribution in [0.3, 0.4) is 0 Å². The van der Waals surface area contributed by atoms with E-state index in [9.17, 15) is 9.90 Å². The van der Waals surface area contributed by atoms with Crippen LogP contribution in [0.15, 0.2) is 0 Å². The number of aliphatic hydroxyl groups excluding tert-OH is 1. The molecule has 0 fully saturated rings. The van der Waals surface area contributed by atoms with Crippen molar-refractivity contribution in [1.29, 1.82) is 0 Å². The van der Waals surface area contributed by atoms with Gasteiger partial charge in [-0.3, -0.25) is 0 Å². The Morgan fingerprint density at radius 1 is 1.62 bits per heavy atom. The number of hydrogen-bond donors (Lipinski definition) is 4. The quantitative estimate of drug-likeness (QED) is 0.479. The van der Waals surface area contributed by atoms with Gasteiger partial charge >= 0.3 is 6.09 Å². The maximum Gasteiger partial charge on any atom is 0.404 e. The molecule has 78 valence electrons. The molecular weight excluding hydrogens is 172 g/mol. The summed E-state index contributed by atoms with van der Waals surface area (Å²) in [6, 6.07) is -0.442. The Morgan fingerprint density at radius 3 is 2.62 bits per heavy atom. The molecule has 0 rings (SSSR count). The molecule has 0 saturated heterocycles. The molecule has 0 heterocycles. The summed E-state index contributed by atoms with van der Waals surface area (Å²) < 4.78 is 0. The van der Waals surface area contributed by atoms with Crippen LogP contribution in [0.5, 0.6) is 0 Å². The Kier molecular flexibility index (Phi) is 6.26. The summed E-state index contributed by atoms with van der Waals surface area (Å²) in [4.78, 5) is 10.3. The van der Waals surface area contributed by atoms with E-state index in [1.54, 1.807) is 0 Å². The first-order chi connectivity index (χ1) is 6.11. The first-order valence-corrected chi connectivity index (χ1v) is 4.49. The number of rotatable bonds is 6. The molecule has 0 aromatic rings. The standard InChI is InChI=1S/C8H18N2O3/c1-2-3-4-6(7(11)5-9)10-8(12)13/h6-7,10-11H,2-5,9H2,1H3,(H,12,13)/t6-,7+/m0/s1. The van der Waals surface area contributed by atoms with Crippen molar-refractivity contribution in [2.45, 2.75) is 38.3 Å². The molecule has 5 N–H and O–H groups in total. The molecule has 0 unspecified atom stereocenters. The van der Waals surface area contributed by atoms with E-state index in [0.29, 0.717) is 6.42 Å². The van der Waals surface area contributed by atoms with Crippen molar-refractivity contribution in [1.82, 2.24) is 5.32 Å². The zero-order chi connectivity index (χ0) is 10.3. The molecule has 0 saturated carbocycles. The SMILES string of the molecule is CCCC[C@H](NC(=O)O)[C@H](O)CN. The number of hydrogen-bond acceptors (Lipinski definition) is 3. The lowest BCUT2D eigenvalue weighted by Gasteiger charge is -2.21. The first-order valence-electron chi connectivity index (χ1n) is 4.49. The van der Waals surface area contributed by atoms with Gasteiger partial charge in [0, 0.05) is 6.54 Å². The van der Waals surface area contributed by atoms with Crippen molar-refractivity contribution >= 4 is 6.09 Å². The van der Waals surface area contributed by atoms with E-state index >= 15 is 0 Å². The molecule has 0 bridgehead atoms. The van der Waals surface area contributed by atoms with E-state index in [4.69, 9.17) is 10.8 Å². The normalized spacial score (nSPS) is 15.0. The summed E-state index contributed by atoms with van der Waals surface area (Å²) in [5.41, 5.74) is 5.24. The lowest BCUT2D eigenvalue weighted by molar-refractivity contribution is 0.120. The number of aliphatic hydroxyl groups is 1. The van der Waals surface area contributed by atoms with Crippen LogP contribution >= 0.6 is 0 Å². The van der Waals surface area contributed by atoms with Crippen molar-refractivity contribution in [3.05, 3.63) is 0 Å². The Morgan fingerprint density at radius 2 is 2.23 bits per heavy atom. The number of nitrogens with one attached hydrogen (secondary N) is 1. The van der Waals surface area contributed by atoms with Gasteiger partial charge in [-0.2, -0.15) is 0 Å². The third kappa shape index (κ3) is 5.43. The van der Waals surface area contributed by atoms with Crippen LogP contribution in [0.4, 0.5) is 4.79 Å². The highest BCUT2D eigenvalue weighted by atomic mass is 16.4. The molecule has 5 heteroatoms. The number of nitrogens with two attached hydrogens (primary N) is 1. The number of carbonyl (C=O) groups is 1. The van der Waals surface area contributed by atoms with Crippen molar-refractivity contribution in [3.8, 4) is 0 Å². The number of amides is 1. The van der Waals surface area contributed by atoms with Gasteiger partial charge < -0.3 is 21.3 Å². The maximum absolute atomic E-state index is 10.3. The van der Waals surface area contributed by atoms with Gasteiger partial charge in [0.05, 0.1) is 12.1 Å². The first kappa shape index (κ1) is 12.2. The van der Waals surface area contributed by atoms with E-state index in [0.717, 1.165) is 12.8 Å². The average Bonchev–Trinajstić information content (AvgIpc) is 2.10. The molecule has 0 aromatic carbocycles. The van der Waals surface area contributed by atoms with E-state index in [-0.39, 0.29) is 6.54 Å². The van der Waals surface area contributed by atoms with E-state index in [1.165, 1.54) is 0 Å². The lowest BCUT2D eigenvalue weighted by Crippen LogP contribution is -2.45. The van der Waals surface area contributed by atoms with Gasteiger partial charge in [0.2, 0.25) is 0 Å². The highest BCUT2D eigenvalue weighted by molar-refractivity contribution is 5.64. The molecule has 0 spiro atoms. The summed E-state index contributed by atoms with van der Waals surface area (Å²) in [6.07, 6.45) is 0.564. The zero-order valence-electron chi connectivity index (χ0n) is 7.86. The highest BCUT2D eigenvalue weighted by Gasteiger charge is 2.18. The zero-order valence-corrected chi connectivity index (χ0v) is 7.86. The molecule has 13 heavy (non-hydrogen) atoms. The molecule has 2 atom stereocenters. The van der Waals surface area contributed by atoms with Crippen LogP contribution in [0, 0.1) is 0 Å². The molecule has 0 radical (unpaired) electrons. The Hall–Kier alpha value is -0.810. The summed E-state index contributed by atoms with van der Waals surface area (Å²) in [6.45, 7) is 2.08. The third-order valence-electron chi connectivity index (χ3n) is 1.88. The van der Waals surface area contributed by atoms with Gasteiger partial charge in [0.15, 0.2) is 0 Å². The minimum Gasteiger partial charge on any atom is -0.465 e. The molecule has 5 nitrogen and oxygen atoms in total. The van der Waals surface area contributed by atoms with E-state index in [2.05, 4.69) is 5.32 Å². The van der Waals surface area contributed by atoms with Gasteiger partial charge in [-0.1, -0.05) is 19.8 Å². The van der Waals surface area contributed by atoms with Crippen LogP contribution < -0.4 is 11.1 Å². The largest absolute Gasteiger partial charge is 0.465 e. The maximum atomic E-state index is 10.3. The molecule has 0 aliphatic heterocycles. The topological polar surface area (TPSA) is 95.6 Å². The summed E-state index contributed by atoms with van der Waals surface area (Å²) in [7, 11) is 0. The van der Waals surface area contributed by atoms with Crippen LogP contribution in [0.25, 0.3) is 0 Å². The summed E-state index contributed by atoms with van der Waals surface area (Å²) in [5.74, 6) is 0. The minimum absolute atomic E-state index is 0.0780. The molecular formula is C8H18N2O3. The minimum atomic E-state index is -1.12. The monoisotopic (exact) mass is 190 g/mol. The van der Waals surface area contributed by atoms with Crippen LogP contribution in [0.2, 0.25) is 0 Å². The Bertz CT molecular complexity index is 152. The van der Waals surface area contributed by atoms with Crippen molar-refractivity contribution in [2.75, 3.05) is 6.54 Å². The number of unbranched alkanes of at least 4 members (excludes halogenated alkanes) is 1. The van der Waals surface area contributed by atoms with E-state index < -0.39 is 18.2 Å². The van der Waals surface area contributed by atoms with Gasteiger partial charge in [-0.05, 0) is 6.42 Å². The van der Waals surface area contributed by atoms with Gasteiger partial charge in [-0.15, -0.1) is 0 Å². The Balaban J connectivity index is 3.94. The second kappa shape index (κ2) is 6.68. The lowest BCUT2D eigenvalue weighted by atomic mass is 10.0. The summed E-state index contributed by atoms with van der Waals surface area (Å²) >= 11 is 0. The average molecular weight is 190 g/mol. The van der Waals surface area contributed by atoms with Gasteiger partial charge in [-0.25, -0.2) is 4.79 Å². The second-order valence-corrected chi connectivity index (χ2v) is 3.00. The smallest absolute Gasteiger partial charge is 0.404 e. The van der Waals surface area contributed by atoms with Crippen LogP contribution in [0.1, 0.15) is 26.2 Å². The summed E-state index contributed by atoms with van der Waals surface area (Å²) in [5, 5.41) is 20.1. The van der Waals surface area contributed by atoms with Crippen molar-refractivity contribution < 1.29 is 15.0 Å². The number of carboxylic acid groups (broad SMARTS) is 1. The van der Waals surface area contributed by atoms with Crippen LogP contribution in [-0.2, 0) is 0 Å². The third-order valence-corrected chi connectivity index (χ3v) is 1.88. The molecule has 1 amide bonds. The van der Waals surface area contributed by atoms with Gasteiger partial charge in [0.1, 0.15) is 0 Å². The van der Waals surface area contributed by atoms with Crippen molar-refractivity contribution in [3.63, 3.8) is 0 Å². The predicted molar refractivity (Wildman–Crippen MR) is 49.5 cm³/mol. The Labute approximate surface area is 77.9 Å². The fourth-order valence-corrected chi connectivity index (χ4v) is 1.11. The van der Waals surface area contributed by atoms with Crippen LogP contribution in [-0.4, -0.2) is 35.0 Å². The molecule has 0 aliphatic rings. The predicted octanol–water partition coefficient (Wildman–Crippen LogP) is 0.132. The fourth-order valence-electron chi connectivity index (χ4n) is 1.11. The second-order valence-electron chi connectivity index (χ2n) is 3.00. The highest BCUT2D eigenvalue weighted by Crippen LogP contribution is 2.04. The van der Waals surface area contributed by atoms with E-state index in [1.807, 2.05) is 6.92 Å². The molecule has 0 aliphatic carbocycles. The fraction of sp³-hybridized carbons (Fsp3) is 0.875. The van der Waals surface area contributed by atoms with Gasteiger partial charge in [0.25, 0.3) is 0 Å². The molecule has 0 aromatic heterocycles.